The van der Waals surface area contributed by atoms with Gasteiger partial charge in [-0.05, 0) is 6.07 Å². The first kappa shape index (κ1) is 16.5. The fraction of sp³-hybridized carbons (Fsp3) is 0.600. The molecule has 1 aliphatic rings. The Bertz CT molecular complexity index is 592. The largest absolute Gasteiger partial charge is 0.391 e. The van der Waals surface area contributed by atoms with Gasteiger partial charge in [-0.3, -0.25) is 9.13 Å². The maximum Gasteiger partial charge on any atom is 0.351 e. The summed E-state index contributed by atoms with van der Waals surface area (Å²) >= 11 is 3.71. The second kappa shape index (κ2) is 6.47. The molecule has 0 bridgehead atoms. The second-order valence-corrected chi connectivity index (χ2v) is 6.26. The minimum atomic E-state index is -2.58. The summed E-state index contributed by atoms with van der Waals surface area (Å²) in [6.45, 7) is -0.537. The van der Waals surface area contributed by atoms with Gasteiger partial charge in [0.05, 0.1) is 6.61 Å². The van der Waals surface area contributed by atoms with Crippen molar-refractivity contribution in [1.29, 1.82) is 0 Å². The van der Waals surface area contributed by atoms with Gasteiger partial charge in [0.25, 0.3) is 0 Å². The normalized spacial score (nSPS) is 30.4. The van der Waals surface area contributed by atoms with Gasteiger partial charge in [0.2, 0.25) is 13.0 Å². The summed E-state index contributed by atoms with van der Waals surface area (Å²) in [5.41, 5.74) is 4.81. The Morgan fingerprint density at radius 3 is 3.00 bits per heavy atom. The smallest absolute Gasteiger partial charge is 0.351 e. The van der Waals surface area contributed by atoms with E-state index in [-0.39, 0.29) is 12.2 Å². The van der Waals surface area contributed by atoms with Crippen molar-refractivity contribution < 1.29 is 23.7 Å². The molecule has 1 aliphatic heterocycles. The first-order chi connectivity index (χ1) is 9.91. The van der Waals surface area contributed by atoms with Crippen LogP contribution in [0.5, 0.6) is 0 Å². The highest BCUT2D eigenvalue weighted by Crippen LogP contribution is 2.43. The third-order valence-corrected chi connectivity index (χ3v) is 4.01. The Hall–Kier alpha value is -0.900. The van der Waals surface area contributed by atoms with Gasteiger partial charge in [0.1, 0.15) is 18.1 Å². The molecule has 3 N–H and O–H groups in total. The molecule has 118 valence electrons. The number of rotatable bonds is 5. The van der Waals surface area contributed by atoms with Gasteiger partial charge in [0.15, 0.2) is 0 Å². The summed E-state index contributed by atoms with van der Waals surface area (Å²) < 4.78 is 28.3. The number of aromatic nitrogens is 2. The topological polar surface area (TPSA) is 126 Å². The number of nitrogen functional groups attached to an aromatic ring is 1. The molecule has 4 atom stereocenters. The van der Waals surface area contributed by atoms with Crippen LogP contribution in [-0.4, -0.2) is 40.3 Å². The van der Waals surface area contributed by atoms with E-state index in [1.165, 1.54) is 23.9 Å². The number of anilines is 1. The molecule has 0 amide bonds. The lowest BCUT2D eigenvalue weighted by Gasteiger charge is -2.30. The van der Waals surface area contributed by atoms with Crippen LogP contribution in [0.3, 0.4) is 0 Å². The number of methoxy groups -OCH3 is 1. The fourth-order valence-electron chi connectivity index (χ4n) is 2.18. The minimum absolute atomic E-state index is 0.0858. The summed E-state index contributed by atoms with van der Waals surface area (Å²) in [5.74, 6) is -1.43. The number of ether oxygens (including phenoxy) is 2. The molecule has 0 aromatic carbocycles. The molecule has 0 aliphatic carbocycles. The van der Waals surface area contributed by atoms with Crippen LogP contribution in [0, 0.1) is 0 Å². The summed E-state index contributed by atoms with van der Waals surface area (Å²) in [5, 5.41) is 9.51. The summed E-state index contributed by atoms with van der Waals surface area (Å²) in [6, 6.07) is 1.44. The molecule has 11 heteroatoms. The Morgan fingerprint density at radius 1 is 1.76 bits per heavy atom. The average molecular weight is 337 g/mol. The van der Waals surface area contributed by atoms with Crippen molar-refractivity contribution in [2.24, 2.45) is 0 Å². The predicted octanol–water partition coefficient (Wildman–Crippen LogP) is -0.216. The van der Waals surface area contributed by atoms with E-state index in [2.05, 4.69) is 17.2 Å². The quantitative estimate of drug-likeness (QED) is 0.497. The van der Waals surface area contributed by atoms with Gasteiger partial charge < -0.3 is 24.8 Å². The van der Waals surface area contributed by atoms with Crippen molar-refractivity contribution in [1.82, 2.24) is 9.55 Å². The molecular weight excluding hydrogens is 321 g/mol. The van der Waals surface area contributed by atoms with Gasteiger partial charge in [-0.1, -0.05) is 12.2 Å². The Kier molecular flexibility index (Phi) is 5.07. The molecule has 1 fully saturated rings. The number of nitrogens with zero attached hydrogens (tertiary/aromatic N) is 2. The maximum absolute atomic E-state index is 11.8. The lowest BCUT2D eigenvalue weighted by Crippen LogP contribution is -2.45. The third kappa shape index (κ3) is 3.31. The molecule has 2 rings (SSSR count). The van der Waals surface area contributed by atoms with E-state index in [0.29, 0.717) is 0 Å². The van der Waals surface area contributed by atoms with E-state index < -0.39 is 37.6 Å². The van der Waals surface area contributed by atoms with Crippen LogP contribution in [0.1, 0.15) is 12.6 Å². The van der Waals surface area contributed by atoms with Crippen molar-refractivity contribution in [2.75, 3.05) is 19.5 Å². The number of thiol groups is 1. The molecule has 1 unspecified atom stereocenters. The molecule has 2 heterocycles. The third-order valence-electron chi connectivity index (χ3n) is 3.21. The number of aliphatic hydroxyl groups is 1. The van der Waals surface area contributed by atoms with Gasteiger partial charge in [0, 0.05) is 19.7 Å². The molecule has 0 saturated carbocycles. The van der Waals surface area contributed by atoms with Crippen LogP contribution >= 0.6 is 19.5 Å². The van der Waals surface area contributed by atoms with Crippen molar-refractivity contribution in [3.63, 3.8) is 0 Å². The Labute approximate surface area is 126 Å². The van der Waals surface area contributed by atoms with E-state index in [4.69, 9.17) is 19.7 Å². The van der Waals surface area contributed by atoms with E-state index in [1.54, 1.807) is 0 Å². The van der Waals surface area contributed by atoms with Crippen LogP contribution in [-0.2, 0) is 18.6 Å². The fourth-order valence-corrected chi connectivity index (χ4v) is 3.08. The van der Waals surface area contributed by atoms with Gasteiger partial charge in [-0.15, -0.1) is 0 Å². The van der Waals surface area contributed by atoms with Crippen molar-refractivity contribution in [2.45, 2.75) is 24.5 Å². The molecule has 0 spiro atoms. The van der Waals surface area contributed by atoms with Crippen LogP contribution in [0.4, 0.5) is 5.82 Å². The van der Waals surface area contributed by atoms with E-state index >= 15 is 0 Å². The molecule has 21 heavy (non-hydrogen) atoms. The summed E-state index contributed by atoms with van der Waals surface area (Å²) in [7, 11) is -1.26. The van der Waals surface area contributed by atoms with E-state index in [0.717, 1.165) is 0 Å². The van der Waals surface area contributed by atoms with Gasteiger partial charge in [-0.2, -0.15) is 4.98 Å². The number of nitrogens with two attached hydrogens (primary N) is 1. The maximum atomic E-state index is 11.8. The standard InChI is InChI=1S/C10H16N3O6PS/c1-17-10(5-14)6(19-20(16)21)4-8(18-10)13-3-2-7(11)12-9(13)15/h2-3,6,8,14,20H,4-5H2,1H3,(H,16,21)(H2,11,12,15)/t6-,8-,10-/m1/s1. The summed E-state index contributed by atoms with van der Waals surface area (Å²) in [6.07, 6.45) is -0.0842. The monoisotopic (exact) mass is 337 g/mol. The molecule has 1 saturated heterocycles. The average Bonchev–Trinajstić information content (AvgIpc) is 2.77. The van der Waals surface area contributed by atoms with Crippen LogP contribution in [0.2, 0.25) is 0 Å². The predicted molar refractivity (Wildman–Crippen MR) is 77.3 cm³/mol. The molecule has 1 aromatic rings. The van der Waals surface area contributed by atoms with Crippen molar-refractivity contribution >= 4 is 25.3 Å². The number of hydrogen-bond donors (Lipinski definition) is 3. The summed E-state index contributed by atoms with van der Waals surface area (Å²) in [4.78, 5) is 15.4. The Morgan fingerprint density at radius 2 is 2.48 bits per heavy atom. The SMILES string of the molecule is CO[C@]1(CO)O[C@@H](n2ccc(N)nc2=O)C[C@H]1O[PH](=O)S. The molecule has 9 nitrogen and oxygen atoms in total. The highest BCUT2D eigenvalue weighted by atomic mass is 32.7. The van der Waals surface area contributed by atoms with Crippen LogP contribution in [0.25, 0.3) is 0 Å². The second-order valence-electron chi connectivity index (χ2n) is 4.40. The highest BCUT2D eigenvalue weighted by molar-refractivity contribution is 8.39. The van der Waals surface area contributed by atoms with Gasteiger partial charge in [-0.25, -0.2) is 4.79 Å². The minimum Gasteiger partial charge on any atom is -0.391 e. The zero-order valence-electron chi connectivity index (χ0n) is 11.1. The number of aliphatic hydroxyl groups excluding tert-OH is 1. The van der Waals surface area contributed by atoms with Crippen LogP contribution in [0.15, 0.2) is 17.1 Å². The molecule has 1 aromatic heterocycles. The lowest BCUT2D eigenvalue weighted by atomic mass is 10.1. The van der Waals surface area contributed by atoms with E-state index in [9.17, 15) is 14.5 Å². The van der Waals surface area contributed by atoms with E-state index in [1.807, 2.05) is 0 Å². The first-order valence-electron chi connectivity index (χ1n) is 6.00. The number of hydrogen-bond acceptors (Lipinski definition) is 8. The van der Waals surface area contributed by atoms with Crippen molar-refractivity contribution in [3.8, 4) is 0 Å². The highest BCUT2D eigenvalue weighted by Gasteiger charge is 2.51. The van der Waals surface area contributed by atoms with Crippen molar-refractivity contribution in [3.05, 3.63) is 22.7 Å². The zero-order chi connectivity index (χ0) is 15.6. The van der Waals surface area contributed by atoms with Gasteiger partial charge >= 0.3 is 5.69 Å². The Balaban J connectivity index is 2.32. The zero-order valence-corrected chi connectivity index (χ0v) is 13.0. The lowest BCUT2D eigenvalue weighted by molar-refractivity contribution is -0.265. The first-order valence-corrected chi connectivity index (χ1v) is 8.60. The molecular formula is C10H16N3O6PS. The molecule has 0 radical (unpaired) electrons. The van der Waals surface area contributed by atoms with Crippen LogP contribution < -0.4 is 11.4 Å².